The Morgan fingerprint density at radius 2 is 2.07 bits per heavy atom. The summed E-state index contributed by atoms with van der Waals surface area (Å²) >= 11 is 0. The molecule has 84 valence electrons. The number of hydrogen-bond acceptors (Lipinski definition) is 6. The second-order valence-corrected chi connectivity index (χ2v) is 3.44. The lowest BCUT2D eigenvalue weighted by Crippen LogP contribution is -2.50. The fraction of sp³-hybridized carbons (Fsp3) is 1.00. The Labute approximate surface area is 82.7 Å². The molecule has 0 aromatic rings. The number of ether oxygens (including phenoxy) is 1. The molecule has 14 heavy (non-hydrogen) atoms. The van der Waals surface area contributed by atoms with Crippen molar-refractivity contribution in [3.8, 4) is 0 Å². The summed E-state index contributed by atoms with van der Waals surface area (Å²) in [6, 6.07) is 0. The summed E-state index contributed by atoms with van der Waals surface area (Å²) in [6.07, 6.45) is -3.40. The first-order chi connectivity index (χ1) is 6.65. The van der Waals surface area contributed by atoms with E-state index in [0.717, 1.165) is 0 Å². The van der Waals surface area contributed by atoms with Crippen molar-refractivity contribution in [3.05, 3.63) is 0 Å². The Morgan fingerprint density at radius 3 is 2.64 bits per heavy atom. The molecule has 0 radical (unpaired) electrons. The van der Waals surface area contributed by atoms with Crippen molar-refractivity contribution < 1.29 is 20.1 Å². The Kier molecular flexibility index (Phi) is 4.73. The standard InChI is InChI=1S/C8H18N2O4/c9-1-2-10-4-5-3-6(11)7(12)8(13)14-5/h5-8,10-13H,1-4,9H2. The summed E-state index contributed by atoms with van der Waals surface area (Å²) in [4.78, 5) is 0. The van der Waals surface area contributed by atoms with Crippen LogP contribution in [-0.2, 0) is 4.74 Å². The minimum Gasteiger partial charge on any atom is -0.390 e. The SMILES string of the molecule is NCCNCC1CC(O)C(O)C(O)O1. The molecule has 4 atom stereocenters. The number of aliphatic hydroxyl groups excluding tert-OH is 3. The van der Waals surface area contributed by atoms with Gasteiger partial charge in [0.25, 0.3) is 0 Å². The molecular formula is C8H18N2O4. The van der Waals surface area contributed by atoms with E-state index in [9.17, 15) is 15.3 Å². The van der Waals surface area contributed by atoms with Gasteiger partial charge in [-0.15, -0.1) is 0 Å². The summed E-state index contributed by atoms with van der Waals surface area (Å²) in [7, 11) is 0. The molecule has 1 fully saturated rings. The van der Waals surface area contributed by atoms with E-state index in [1.807, 2.05) is 0 Å². The summed E-state index contributed by atoms with van der Waals surface area (Å²) < 4.78 is 5.06. The third-order valence-corrected chi connectivity index (χ3v) is 2.22. The Bertz CT molecular complexity index is 157. The van der Waals surface area contributed by atoms with Crippen LogP contribution in [0.5, 0.6) is 0 Å². The molecular weight excluding hydrogens is 188 g/mol. The average Bonchev–Trinajstić information content (AvgIpc) is 2.14. The first kappa shape index (κ1) is 11.8. The maximum Gasteiger partial charge on any atom is 0.183 e. The molecule has 0 aliphatic carbocycles. The van der Waals surface area contributed by atoms with Gasteiger partial charge in [0.15, 0.2) is 6.29 Å². The van der Waals surface area contributed by atoms with Crippen molar-refractivity contribution in [2.75, 3.05) is 19.6 Å². The smallest absolute Gasteiger partial charge is 0.183 e. The van der Waals surface area contributed by atoms with Crippen LogP contribution in [0.2, 0.25) is 0 Å². The van der Waals surface area contributed by atoms with E-state index in [2.05, 4.69) is 5.32 Å². The molecule has 0 bridgehead atoms. The van der Waals surface area contributed by atoms with Crippen LogP contribution in [0.3, 0.4) is 0 Å². The maximum absolute atomic E-state index is 9.33. The van der Waals surface area contributed by atoms with Crippen molar-refractivity contribution in [3.63, 3.8) is 0 Å². The lowest BCUT2D eigenvalue weighted by atomic mass is 10.0. The average molecular weight is 206 g/mol. The van der Waals surface area contributed by atoms with Crippen LogP contribution < -0.4 is 11.1 Å². The molecule has 0 spiro atoms. The molecule has 6 N–H and O–H groups in total. The van der Waals surface area contributed by atoms with E-state index in [1.54, 1.807) is 0 Å². The Hall–Kier alpha value is -0.240. The van der Waals surface area contributed by atoms with Gasteiger partial charge in [-0.25, -0.2) is 0 Å². The molecule has 0 saturated carbocycles. The summed E-state index contributed by atoms with van der Waals surface area (Å²) in [5.41, 5.74) is 5.28. The van der Waals surface area contributed by atoms with E-state index < -0.39 is 18.5 Å². The van der Waals surface area contributed by atoms with E-state index in [4.69, 9.17) is 10.5 Å². The zero-order valence-corrected chi connectivity index (χ0v) is 7.97. The molecule has 6 nitrogen and oxygen atoms in total. The molecule has 1 rings (SSSR count). The molecule has 4 unspecified atom stereocenters. The van der Waals surface area contributed by atoms with Gasteiger partial charge in [-0.3, -0.25) is 0 Å². The third kappa shape index (κ3) is 3.16. The highest BCUT2D eigenvalue weighted by molar-refractivity contribution is 4.81. The van der Waals surface area contributed by atoms with Crippen molar-refractivity contribution in [2.24, 2.45) is 5.73 Å². The second kappa shape index (κ2) is 5.59. The van der Waals surface area contributed by atoms with Crippen LogP contribution in [-0.4, -0.2) is 59.6 Å². The number of aliphatic hydroxyl groups is 3. The van der Waals surface area contributed by atoms with Crippen LogP contribution in [0.25, 0.3) is 0 Å². The lowest BCUT2D eigenvalue weighted by molar-refractivity contribution is -0.245. The molecule has 1 aliphatic heterocycles. The highest BCUT2D eigenvalue weighted by Gasteiger charge is 2.35. The fourth-order valence-corrected chi connectivity index (χ4v) is 1.43. The van der Waals surface area contributed by atoms with Crippen molar-refractivity contribution in [1.82, 2.24) is 5.32 Å². The monoisotopic (exact) mass is 206 g/mol. The highest BCUT2D eigenvalue weighted by atomic mass is 16.6. The van der Waals surface area contributed by atoms with E-state index in [0.29, 0.717) is 26.1 Å². The zero-order chi connectivity index (χ0) is 10.6. The van der Waals surface area contributed by atoms with Gasteiger partial charge in [-0.2, -0.15) is 0 Å². The molecule has 6 heteroatoms. The second-order valence-electron chi connectivity index (χ2n) is 3.44. The zero-order valence-electron chi connectivity index (χ0n) is 7.97. The van der Waals surface area contributed by atoms with Gasteiger partial charge < -0.3 is 31.1 Å². The van der Waals surface area contributed by atoms with Gasteiger partial charge in [0.05, 0.1) is 12.2 Å². The lowest BCUT2D eigenvalue weighted by Gasteiger charge is -2.34. The van der Waals surface area contributed by atoms with Crippen LogP contribution >= 0.6 is 0 Å². The van der Waals surface area contributed by atoms with Crippen LogP contribution in [0, 0.1) is 0 Å². The first-order valence-corrected chi connectivity index (χ1v) is 4.75. The van der Waals surface area contributed by atoms with E-state index in [1.165, 1.54) is 0 Å². The minimum absolute atomic E-state index is 0.282. The largest absolute Gasteiger partial charge is 0.390 e. The predicted molar refractivity (Wildman–Crippen MR) is 49.4 cm³/mol. The van der Waals surface area contributed by atoms with Gasteiger partial charge in [-0.1, -0.05) is 0 Å². The molecule has 1 heterocycles. The number of nitrogens with one attached hydrogen (secondary N) is 1. The number of hydrogen-bond donors (Lipinski definition) is 5. The van der Waals surface area contributed by atoms with E-state index in [-0.39, 0.29) is 6.10 Å². The van der Waals surface area contributed by atoms with Crippen LogP contribution in [0.15, 0.2) is 0 Å². The predicted octanol–water partition coefficient (Wildman–Crippen LogP) is -2.64. The van der Waals surface area contributed by atoms with E-state index >= 15 is 0 Å². The Morgan fingerprint density at radius 1 is 1.36 bits per heavy atom. The molecule has 0 aromatic heterocycles. The number of rotatable bonds is 4. The topological polar surface area (TPSA) is 108 Å². The quantitative estimate of drug-likeness (QED) is 0.322. The van der Waals surface area contributed by atoms with Crippen molar-refractivity contribution in [2.45, 2.75) is 31.0 Å². The van der Waals surface area contributed by atoms with Crippen molar-refractivity contribution in [1.29, 1.82) is 0 Å². The molecule has 0 aromatic carbocycles. The Balaban J connectivity index is 2.27. The van der Waals surface area contributed by atoms with Gasteiger partial charge in [-0.05, 0) is 0 Å². The summed E-state index contributed by atoms with van der Waals surface area (Å²) in [5, 5.41) is 30.7. The third-order valence-electron chi connectivity index (χ3n) is 2.22. The van der Waals surface area contributed by atoms with Crippen LogP contribution in [0.4, 0.5) is 0 Å². The normalized spacial score (nSPS) is 38.6. The molecule has 1 aliphatic rings. The van der Waals surface area contributed by atoms with Crippen LogP contribution in [0.1, 0.15) is 6.42 Å². The van der Waals surface area contributed by atoms with Gasteiger partial charge in [0, 0.05) is 26.1 Å². The fourth-order valence-electron chi connectivity index (χ4n) is 1.43. The first-order valence-electron chi connectivity index (χ1n) is 4.75. The minimum atomic E-state index is -1.30. The maximum atomic E-state index is 9.33. The number of nitrogens with two attached hydrogens (primary N) is 1. The van der Waals surface area contributed by atoms with Gasteiger partial charge in [0.2, 0.25) is 0 Å². The van der Waals surface area contributed by atoms with Crippen molar-refractivity contribution >= 4 is 0 Å². The molecule has 0 amide bonds. The summed E-state index contributed by atoms with van der Waals surface area (Å²) in [6.45, 7) is 1.70. The molecule has 1 saturated heterocycles. The van der Waals surface area contributed by atoms with Gasteiger partial charge >= 0.3 is 0 Å². The van der Waals surface area contributed by atoms with Gasteiger partial charge in [0.1, 0.15) is 6.10 Å². The highest BCUT2D eigenvalue weighted by Crippen LogP contribution is 2.18. The summed E-state index contributed by atoms with van der Waals surface area (Å²) in [5.74, 6) is 0.